The maximum atomic E-state index is 11.3. The maximum Gasteiger partial charge on any atom is 0.178 e. The molecule has 0 amide bonds. The molecule has 0 saturated heterocycles. The molecule has 0 saturated carbocycles. The molecule has 0 N–H and O–H groups in total. The highest BCUT2D eigenvalue weighted by Crippen LogP contribution is 2.22. The molecule has 88 valence electrons. The Hall–Kier alpha value is -1.53. The number of carbonyl (C=O) groups excluding carboxylic acids is 1. The fourth-order valence-electron chi connectivity index (χ4n) is 1.35. The van der Waals surface area contributed by atoms with E-state index in [1.165, 1.54) is 23.5 Å². The van der Waals surface area contributed by atoms with Crippen molar-refractivity contribution in [2.24, 2.45) is 0 Å². The number of hydrogen-bond donors (Lipinski definition) is 0. The minimum absolute atomic E-state index is 0.270. The van der Waals surface area contributed by atoms with Crippen LogP contribution in [0, 0.1) is 0 Å². The number of aromatic nitrogens is 1. The highest BCUT2D eigenvalue weighted by Gasteiger charge is 2.08. The normalized spacial score (nSPS) is 11.4. The number of thiazole rings is 1. The lowest BCUT2D eigenvalue weighted by molar-refractivity contribution is 0.112. The first-order chi connectivity index (χ1) is 8.00. The van der Waals surface area contributed by atoms with E-state index in [0.717, 1.165) is 11.8 Å². The van der Waals surface area contributed by atoms with Gasteiger partial charge in [-0.3, -0.25) is 4.79 Å². The largest absolute Gasteiger partial charge is 0.295 e. The molecule has 2 aromatic rings. The Kier molecular flexibility index (Phi) is 3.08. The summed E-state index contributed by atoms with van der Waals surface area (Å²) >= 11 is 1.26. The van der Waals surface area contributed by atoms with Gasteiger partial charge in [-0.2, -0.15) is 0 Å². The number of hydrogen-bond acceptors (Lipinski definition) is 5. The van der Waals surface area contributed by atoms with Crippen LogP contribution >= 0.6 is 11.3 Å². The second-order valence-corrected chi connectivity index (χ2v) is 6.39. The number of rotatable bonds is 3. The van der Waals surface area contributed by atoms with E-state index in [2.05, 4.69) is 4.98 Å². The lowest BCUT2D eigenvalue weighted by Crippen LogP contribution is -1.96. The van der Waals surface area contributed by atoms with Gasteiger partial charge in [0.2, 0.25) is 0 Å². The highest BCUT2D eigenvalue weighted by atomic mass is 32.2. The fraction of sp³-hybridized carbons (Fsp3) is 0.0909. The molecule has 4 nitrogen and oxygen atoms in total. The summed E-state index contributed by atoms with van der Waals surface area (Å²) in [5.74, 6) is 0. The predicted octanol–water partition coefficient (Wildman–Crippen LogP) is 2.03. The zero-order chi connectivity index (χ0) is 12.5. The van der Waals surface area contributed by atoms with Crippen LogP contribution in [0.4, 0.5) is 0 Å². The number of benzene rings is 1. The summed E-state index contributed by atoms with van der Waals surface area (Å²) < 4.78 is 22.5. The lowest BCUT2D eigenvalue weighted by atomic mass is 10.2. The van der Waals surface area contributed by atoms with Gasteiger partial charge in [-0.05, 0) is 12.1 Å². The fourth-order valence-corrected chi connectivity index (χ4v) is 2.61. The van der Waals surface area contributed by atoms with E-state index in [9.17, 15) is 13.2 Å². The molecule has 17 heavy (non-hydrogen) atoms. The van der Waals surface area contributed by atoms with Crippen molar-refractivity contribution in [1.82, 2.24) is 4.98 Å². The molecule has 0 aliphatic carbocycles. The summed E-state index contributed by atoms with van der Waals surface area (Å²) in [6.07, 6.45) is 1.86. The highest BCUT2D eigenvalue weighted by molar-refractivity contribution is 7.90. The van der Waals surface area contributed by atoms with Crippen molar-refractivity contribution in [2.45, 2.75) is 4.90 Å². The Morgan fingerprint density at radius 3 is 2.35 bits per heavy atom. The van der Waals surface area contributed by atoms with E-state index in [4.69, 9.17) is 0 Å². The Morgan fingerprint density at radius 2 is 1.88 bits per heavy atom. The Morgan fingerprint density at radius 1 is 1.24 bits per heavy atom. The average molecular weight is 267 g/mol. The lowest BCUT2D eigenvalue weighted by Gasteiger charge is -1.99. The smallest absolute Gasteiger partial charge is 0.178 e. The van der Waals surface area contributed by atoms with Crippen LogP contribution in [0.1, 0.15) is 9.80 Å². The minimum atomic E-state index is -3.18. The summed E-state index contributed by atoms with van der Waals surface area (Å²) in [5.41, 5.74) is 1.47. The van der Waals surface area contributed by atoms with Crippen molar-refractivity contribution in [3.8, 4) is 11.3 Å². The van der Waals surface area contributed by atoms with Gasteiger partial charge >= 0.3 is 0 Å². The van der Waals surface area contributed by atoms with Crippen LogP contribution in [0.15, 0.2) is 34.5 Å². The van der Waals surface area contributed by atoms with Crippen LogP contribution in [0.5, 0.6) is 0 Å². The van der Waals surface area contributed by atoms with Gasteiger partial charge in [0.25, 0.3) is 0 Å². The predicted molar refractivity (Wildman–Crippen MR) is 66.0 cm³/mol. The molecular formula is C11H9NO3S2. The van der Waals surface area contributed by atoms with Crippen LogP contribution in [-0.4, -0.2) is 25.9 Å². The van der Waals surface area contributed by atoms with Crippen molar-refractivity contribution in [3.05, 3.63) is 34.7 Å². The zero-order valence-electron chi connectivity index (χ0n) is 8.95. The van der Waals surface area contributed by atoms with Crippen molar-refractivity contribution in [3.63, 3.8) is 0 Å². The molecule has 0 bridgehead atoms. The third-order valence-corrected chi connectivity index (χ3v) is 4.10. The molecule has 0 spiro atoms. The minimum Gasteiger partial charge on any atom is -0.295 e. The monoisotopic (exact) mass is 267 g/mol. The van der Waals surface area contributed by atoms with Gasteiger partial charge in [0.05, 0.1) is 10.6 Å². The number of aldehydes is 1. The molecule has 0 aliphatic rings. The molecule has 0 unspecified atom stereocenters. The topological polar surface area (TPSA) is 64.1 Å². The van der Waals surface area contributed by atoms with Crippen molar-refractivity contribution in [2.75, 3.05) is 6.26 Å². The van der Waals surface area contributed by atoms with Gasteiger partial charge in [0, 0.05) is 17.2 Å². The third-order valence-electron chi connectivity index (χ3n) is 2.20. The molecule has 1 aromatic carbocycles. The van der Waals surface area contributed by atoms with Crippen LogP contribution in [0.3, 0.4) is 0 Å². The summed E-state index contributed by atoms with van der Waals surface area (Å²) in [6.45, 7) is 0. The van der Waals surface area contributed by atoms with Crippen LogP contribution in [0.25, 0.3) is 11.3 Å². The number of nitrogens with zero attached hydrogens (tertiary/aromatic N) is 1. The third kappa shape index (κ3) is 2.59. The quantitative estimate of drug-likeness (QED) is 0.798. The van der Waals surface area contributed by atoms with E-state index in [1.807, 2.05) is 0 Å². The standard InChI is InChI=1S/C11H9NO3S2/c1-17(14,15)9-4-2-8(3-5-9)10-7-16-11(6-13)12-10/h2-7H,1H3. The van der Waals surface area contributed by atoms with Crippen LogP contribution in [0.2, 0.25) is 0 Å². The molecular weight excluding hydrogens is 258 g/mol. The van der Waals surface area contributed by atoms with Gasteiger partial charge in [-0.25, -0.2) is 13.4 Å². The summed E-state index contributed by atoms with van der Waals surface area (Å²) in [4.78, 5) is 14.9. The summed E-state index contributed by atoms with van der Waals surface area (Å²) in [5, 5.41) is 2.17. The van der Waals surface area contributed by atoms with E-state index in [1.54, 1.807) is 17.5 Å². The van der Waals surface area contributed by atoms with Crippen LogP contribution < -0.4 is 0 Å². The molecule has 0 aliphatic heterocycles. The molecule has 1 heterocycles. The zero-order valence-corrected chi connectivity index (χ0v) is 10.6. The van der Waals surface area contributed by atoms with E-state index >= 15 is 0 Å². The van der Waals surface area contributed by atoms with Gasteiger partial charge in [-0.1, -0.05) is 12.1 Å². The Bertz CT molecular complexity index is 642. The van der Waals surface area contributed by atoms with E-state index in [0.29, 0.717) is 17.0 Å². The first-order valence-electron chi connectivity index (χ1n) is 4.72. The molecule has 0 atom stereocenters. The SMILES string of the molecule is CS(=O)(=O)c1ccc(-c2csc(C=O)n2)cc1. The average Bonchev–Trinajstić information content (AvgIpc) is 2.76. The summed E-state index contributed by atoms with van der Waals surface area (Å²) in [6, 6.07) is 6.43. The molecule has 0 fully saturated rings. The second-order valence-electron chi connectivity index (χ2n) is 3.49. The van der Waals surface area contributed by atoms with E-state index < -0.39 is 9.84 Å². The maximum absolute atomic E-state index is 11.3. The van der Waals surface area contributed by atoms with Crippen LogP contribution in [-0.2, 0) is 9.84 Å². The number of sulfone groups is 1. The van der Waals surface area contributed by atoms with Gasteiger partial charge in [-0.15, -0.1) is 11.3 Å². The van der Waals surface area contributed by atoms with Crippen molar-refractivity contribution >= 4 is 27.5 Å². The van der Waals surface area contributed by atoms with Crippen molar-refractivity contribution in [1.29, 1.82) is 0 Å². The van der Waals surface area contributed by atoms with Gasteiger partial charge < -0.3 is 0 Å². The summed E-state index contributed by atoms with van der Waals surface area (Å²) in [7, 11) is -3.18. The molecule has 0 radical (unpaired) electrons. The molecule has 2 rings (SSSR count). The van der Waals surface area contributed by atoms with Gasteiger partial charge in [0.1, 0.15) is 0 Å². The van der Waals surface area contributed by atoms with Crippen molar-refractivity contribution < 1.29 is 13.2 Å². The second kappa shape index (κ2) is 4.38. The Balaban J connectivity index is 2.38. The molecule has 6 heteroatoms. The first-order valence-corrected chi connectivity index (χ1v) is 7.49. The Labute approximate surface area is 103 Å². The van der Waals surface area contributed by atoms with E-state index in [-0.39, 0.29) is 4.90 Å². The molecule has 1 aromatic heterocycles. The first kappa shape index (κ1) is 11.9. The number of carbonyl (C=O) groups is 1. The van der Waals surface area contributed by atoms with Gasteiger partial charge in [0.15, 0.2) is 21.1 Å².